The van der Waals surface area contributed by atoms with Crippen molar-refractivity contribution in [1.29, 1.82) is 0 Å². The predicted molar refractivity (Wildman–Crippen MR) is 51.7 cm³/mol. The maximum absolute atomic E-state index is 8.90. The molecule has 1 aromatic carbocycles. The predicted octanol–water partition coefficient (Wildman–Crippen LogP) is 0.996. The van der Waals surface area contributed by atoms with Crippen LogP contribution in [0.25, 0.3) is 0 Å². The van der Waals surface area contributed by atoms with Crippen molar-refractivity contribution >= 4 is 0 Å². The topological polar surface area (TPSA) is 55.5 Å². The van der Waals surface area contributed by atoms with Gasteiger partial charge in [0.2, 0.25) is 0 Å². The van der Waals surface area contributed by atoms with E-state index in [0.717, 1.165) is 16.9 Å². The lowest BCUT2D eigenvalue weighted by Gasteiger charge is -2.13. The zero-order valence-electron chi connectivity index (χ0n) is 7.95. The minimum atomic E-state index is -0.365. The molecule has 1 rings (SSSR count). The Hall–Kier alpha value is -1.06. The van der Waals surface area contributed by atoms with Crippen molar-refractivity contribution in [3.05, 3.63) is 29.3 Å². The zero-order chi connectivity index (χ0) is 9.84. The number of benzene rings is 1. The Kier molecular flexibility index (Phi) is 3.28. The molecule has 0 heterocycles. The van der Waals surface area contributed by atoms with Crippen LogP contribution in [-0.2, 0) is 0 Å². The summed E-state index contributed by atoms with van der Waals surface area (Å²) in [6.45, 7) is 1.91. The lowest BCUT2D eigenvalue weighted by Crippen LogP contribution is -2.15. The van der Waals surface area contributed by atoms with Gasteiger partial charge in [0.15, 0.2) is 0 Å². The van der Waals surface area contributed by atoms with Crippen molar-refractivity contribution in [2.45, 2.75) is 13.0 Å². The molecule has 1 atom stereocenters. The largest absolute Gasteiger partial charge is 0.496 e. The number of rotatable bonds is 3. The van der Waals surface area contributed by atoms with Crippen LogP contribution in [0.2, 0.25) is 0 Å². The van der Waals surface area contributed by atoms with Gasteiger partial charge >= 0.3 is 0 Å². The lowest BCUT2D eigenvalue weighted by molar-refractivity contribution is 0.264. The molecule has 3 N–H and O–H groups in total. The molecule has 0 saturated carbocycles. The average Bonchev–Trinajstić information content (AvgIpc) is 2.16. The molecule has 0 saturated heterocycles. The van der Waals surface area contributed by atoms with E-state index in [2.05, 4.69) is 0 Å². The molecule has 3 heteroatoms. The van der Waals surface area contributed by atoms with Crippen molar-refractivity contribution in [3.8, 4) is 5.75 Å². The molecule has 0 unspecified atom stereocenters. The Labute approximate surface area is 78.1 Å². The van der Waals surface area contributed by atoms with E-state index in [-0.39, 0.29) is 12.6 Å². The van der Waals surface area contributed by atoms with Crippen LogP contribution in [-0.4, -0.2) is 18.8 Å². The third-order valence-corrected chi connectivity index (χ3v) is 1.99. The first-order valence-electron chi connectivity index (χ1n) is 4.20. The van der Waals surface area contributed by atoms with Gasteiger partial charge in [-0.3, -0.25) is 0 Å². The van der Waals surface area contributed by atoms with E-state index in [1.807, 2.05) is 25.1 Å². The first-order valence-corrected chi connectivity index (χ1v) is 4.20. The van der Waals surface area contributed by atoms with Gasteiger partial charge in [-0.2, -0.15) is 0 Å². The van der Waals surface area contributed by atoms with Gasteiger partial charge in [0.25, 0.3) is 0 Å². The minimum absolute atomic E-state index is 0.0700. The van der Waals surface area contributed by atoms with E-state index in [9.17, 15) is 0 Å². The Morgan fingerprint density at radius 3 is 2.77 bits per heavy atom. The molecule has 0 spiro atoms. The number of aryl methyl sites for hydroxylation is 1. The summed E-state index contributed by atoms with van der Waals surface area (Å²) in [5, 5.41) is 8.90. The number of methoxy groups -OCH3 is 1. The summed E-state index contributed by atoms with van der Waals surface area (Å²) in [5.41, 5.74) is 7.65. The maximum Gasteiger partial charge on any atom is 0.123 e. The van der Waals surface area contributed by atoms with Gasteiger partial charge < -0.3 is 15.6 Å². The zero-order valence-corrected chi connectivity index (χ0v) is 7.95. The highest BCUT2D eigenvalue weighted by atomic mass is 16.5. The molecule has 0 fully saturated rings. The van der Waals surface area contributed by atoms with Crippen LogP contribution in [0.4, 0.5) is 0 Å². The van der Waals surface area contributed by atoms with Crippen LogP contribution in [0.5, 0.6) is 5.75 Å². The van der Waals surface area contributed by atoms with Crippen molar-refractivity contribution < 1.29 is 9.84 Å². The summed E-state index contributed by atoms with van der Waals surface area (Å²) in [5.74, 6) is 0.738. The molecule has 0 radical (unpaired) electrons. The van der Waals surface area contributed by atoms with Gasteiger partial charge in [0.1, 0.15) is 5.75 Å². The standard InChI is InChI=1S/C10H15NO2/c1-7-3-4-8(9(11)6-12)10(5-7)13-2/h3-5,9,12H,6,11H2,1-2H3/t9-/m0/s1. The minimum Gasteiger partial charge on any atom is -0.496 e. The monoisotopic (exact) mass is 181 g/mol. The molecule has 13 heavy (non-hydrogen) atoms. The van der Waals surface area contributed by atoms with Gasteiger partial charge in [-0.1, -0.05) is 12.1 Å². The quantitative estimate of drug-likeness (QED) is 0.731. The Morgan fingerprint density at radius 1 is 1.54 bits per heavy atom. The maximum atomic E-state index is 8.90. The first kappa shape index (κ1) is 10.0. The Balaban J connectivity index is 3.05. The highest BCUT2D eigenvalue weighted by Gasteiger charge is 2.10. The second-order valence-electron chi connectivity index (χ2n) is 3.03. The van der Waals surface area contributed by atoms with Crippen LogP contribution in [0.15, 0.2) is 18.2 Å². The molecule has 3 nitrogen and oxygen atoms in total. The average molecular weight is 181 g/mol. The van der Waals surface area contributed by atoms with Crippen molar-refractivity contribution in [3.63, 3.8) is 0 Å². The summed E-state index contributed by atoms with van der Waals surface area (Å²) >= 11 is 0. The van der Waals surface area contributed by atoms with E-state index in [0.29, 0.717) is 0 Å². The SMILES string of the molecule is COc1cc(C)ccc1[C@@H](N)CO. The number of nitrogens with two attached hydrogens (primary N) is 1. The fraction of sp³-hybridized carbons (Fsp3) is 0.400. The Morgan fingerprint density at radius 2 is 2.23 bits per heavy atom. The van der Waals surface area contributed by atoms with E-state index in [1.54, 1.807) is 7.11 Å². The normalized spacial score (nSPS) is 12.6. The molecule has 72 valence electrons. The number of hydrogen-bond acceptors (Lipinski definition) is 3. The number of hydrogen-bond donors (Lipinski definition) is 2. The van der Waals surface area contributed by atoms with Gasteiger partial charge in [-0.05, 0) is 18.6 Å². The molecule has 0 aromatic heterocycles. The number of ether oxygens (including phenoxy) is 1. The molecule has 1 aromatic rings. The van der Waals surface area contributed by atoms with Gasteiger partial charge in [-0.15, -0.1) is 0 Å². The number of aliphatic hydroxyl groups excluding tert-OH is 1. The highest BCUT2D eigenvalue weighted by molar-refractivity contribution is 5.39. The smallest absolute Gasteiger partial charge is 0.123 e. The van der Waals surface area contributed by atoms with Crippen molar-refractivity contribution in [2.24, 2.45) is 5.73 Å². The van der Waals surface area contributed by atoms with E-state index in [1.165, 1.54) is 0 Å². The third-order valence-electron chi connectivity index (χ3n) is 1.99. The summed E-state index contributed by atoms with van der Waals surface area (Å²) in [4.78, 5) is 0. The molecule has 0 bridgehead atoms. The molecule has 0 aliphatic heterocycles. The number of aliphatic hydroxyl groups is 1. The van der Waals surface area contributed by atoms with Crippen LogP contribution in [0.3, 0.4) is 0 Å². The van der Waals surface area contributed by atoms with Gasteiger partial charge in [0.05, 0.1) is 19.8 Å². The van der Waals surface area contributed by atoms with Crippen LogP contribution in [0, 0.1) is 6.92 Å². The summed E-state index contributed by atoms with van der Waals surface area (Å²) < 4.78 is 5.16. The molecular weight excluding hydrogens is 166 g/mol. The van der Waals surface area contributed by atoms with Crippen LogP contribution in [0.1, 0.15) is 17.2 Å². The van der Waals surface area contributed by atoms with Crippen LogP contribution < -0.4 is 10.5 Å². The first-order chi connectivity index (χ1) is 6.19. The third kappa shape index (κ3) is 2.20. The second kappa shape index (κ2) is 4.25. The molecule has 0 aliphatic carbocycles. The van der Waals surface area contributed by atoms with Crippen molar-refractivity contribution in [2.75, 3.05) is 13.7 Å². The fourth-order valence-corrected chi connectivity index (χ4v) is 1.22. The van der Waals surface area contributed by atoms with Gasteiger partial charge in [-0.25, -0.2) is 0 Å². The fourth-order valence-electron chi connectivity index (χ4n) is 1.22. The van der Waals surface area contributed by atoms with E-state index in [4.69, 9.17) is 15.6 Å². The molecule has 0 aliphatic rings. The van der Waals surface area contributed by atoms with Crippen molar-refractivity contribution in [1.82, 2.24) is 0 Å². The van der Waals surface area contributed by atoms with Crippen LogP contribution >= 0.6 is 0 Å². The highest BCUT2D eigenvalue weighted by Crippen LogP contribution is 2.24. The molecule has 0 amide bonds. The summed E-state index contributed by atoms with van der Waals surface area (Å²) in [6, 6.07) is 5.38. The van der Waals surface area contributed by atoms with Gasteiger partial charge in [0, 0.05) is 5.56 Å². The lowest BCUT2D eigenvalue weighted by atomic mass is 10.1. The summed E-state index contributed by atoms with van der Waals surface area (Å²) in [6.07, 6.45) is 0. The second-order valence-corrected chi connectivity index (χ2v) is 3.03. The van der Waals surface area contributed by atoms with E-state index < -0.39 is 0 Å². The molecular formula is C10H15NO2. The summed E-state index contributed by atoms with van der Waals surface area (Å²) in [7, 11) is 1.60. The van der Waals surface area contributed by atoms with E-state index >= 15 is 0 Å². The Bertz CT molecular complexity index is 286.